The molecular weight excluding hydrogens is 216 g/mol. The van der Waals surface area contributed by atoms with Crippen molar-refractivity contribution in [1.29, 1.82) is 0 Å². The highest BCUT2D eigenvalue weighted by atomic mass is 32.1. The molecule has 0 bridgehead atoms. The first-order chi connectivity index (χ1) is 7.11. The Kier molecular flexibility index (Phi) is 2.36. The van der Waals surface area contributed by atoms with Crippen LogP contribution in [0.5, 0.6) is 0 Å². The van der Waals surface area contributed by atoms with E-state index in [2.05, 4.69) is 0 Å². The van der Waals surface area contributed by atoms with Gasteiger partial charge < -0.3 is 15.7 Å². The molecule has 0 fully saturated rings. The van der Waals surface area contributed by atoms with Gasteiger partial charge in [0.1, 0.15) is 0 Å². The lowest BCUT2D eigenvalue weighted by atomic mass is 10.0. The van der Waals surface area contributed by atoms with Crippen molar-refractivity contribution in [3.05, 3.63) is 21.9 Å². The van der Waals surface area contributed by atoms with Gasteiger partial charge in [-0.15, -0.1) is 11.3 Å². The molecule has 1 atom stereocenters. The summed E-state index contributed by atoms with van der Waals surface area (Å²) in [6.07, 6.45) is 0.680. The Morgan fingerprint density at radius 2 is 2.33 bits per heavy atom. The molecule has 1 unspecified atom stereocenters. The second-order valence-corrected chi connectivity index (χ2v) is 4.32. The lowest BCUT2D eigenvalue weighted by molar-refractivity contribution is -0.142. The number of primary amides is 1. The smallest absolute Gasteiger partial charge is 0.331 e. The summed E-state index contributed by atoms with van der Waals surface area (Å²) in [5.74, 6) is -1.03. The van der Waals surface area contributed by atoms with Gasteiger partial charge in [-0.25, -0.2) is 9.59 Å². The fourth-order valence-corrected chi connectivity index (χ4v) is 2.72. The van der Waals surface area contributed by atoms with E-state index in [0.717, 1.165) is 4.88 Å². The zero-order valence-electron chi connectivity index (χ0n) is 7.84. The van der Waals surface area contributed by atoms with Crippen molar-refractivity contribution in [2.75, 3.05) is 6.54 Å². The monoisotopic (exact) mass is 226 g/mol. The molecule has 0 radical (unpaired) electrons. The summed E-state index contributed by atoms with van der Waals surface area (Å²) >= 11 is 1.52. The molecule has 80 valence electrons. The highest BCUT2D eigenvalue weighted by Crippen LogP contribution is 2.33. The number of hydrogen-bond donors (Lipinski definition) is 2. The van der Waals surface area contributed by atoms with Crippen molar-refractivity contribution < 1.29 is 14.7 Å². The maximum atomic E-state index is 11.1. The van der Waals surface area contributed by atoms with Gasteiger partial charge in [-0.05, 0) is 23.4 Å². The number of nitrogens with zero attached hydrogens (tertiary/aromatic N) is 1. The number of aliphatic carboxylic acids is 1. The van der Waals surface area contributed by atoms with Crippen LogP contribution in [0, 0.1) is 0 Å². The minimum Gasteiger partial charge on any atom is -0.479 e. The van der Waals surface area contributed by atoms with Gasteiger partial charge in [-0.3, -0.25) is 0 Å². The third-order valence-corrected chi connectivity index (χ3v) is 3.48. The van der Waals surface area contributed by atoms with E-state index in [4.69, 9.17) is 10.8 Å². The van der Waals surface area contributed by atoms with Crippen molar-refractivity contribution >= 4 is 23.3 Å². The average molecular weight is 226 g/mol. The van der Waals surface area contributed by atoms with E-state index in [1.807, 2.05) is 5.38 Å². The van der Waals surface area contributed by atoms with Crippen molar-refractivity contribution in [3.63, 3.8) is 0 Å². The zero-order valence-corrected chi connectivity index (χ0v) is 8.66. The number of urea groups is 1. The quantitative estimate of drug-likeness (QED) is 0.743. The maximum absolute atomic E-state index is 11.1. The molecule has 0 aliphatic carbocycles. The molecule has 6 heteroatoms. The number of carbonyl (C=O) groups is 2. The molecule has 1 aromatic rings. The zero-order chi connectivity index (χ0) is 11.0. The highest BCUT2D eigenvalue weighted by Gasteiger charge is 2.35. The summed E-state index contributed by atoms with van der Waals surface area (Å²) < 4.78 is 0. The fourth-order valence-electron chi connectivity index (χ4n) is 1.82. The SMILES string of the molecule is NC(=O)N1CCc2sccc2C1C(=O)O. The number of thiophene rings is 1. The molecule has 1 aromatic heterocycles. The molecule has 0 saturated heterocycles. The van der Waals surface area contributed by atoms with Gasteiger partial charge in [-0.2, -0.15) is 0 Å². The Hall–Kier alpha value is -1.56. The topological polar surface area (TPSA) is 83.6 Å². The molecule has 2 amide bonds. The molecule has 1 aliphatic heterocycles. The first-order valence-electron chi connectivity index (χ1n) is 4.46. The lowest BCUT2D eigenvalue weighted by Gasteiger charge is -2.31. The van der Waals surface area contributed by atoms with Gasteiger partial charge in [0.2, 0.25) is 0 Å². The maximum Gasteiger partial charge on any atom is 0.331 e. The third-order valence-electron chi connectivity index (χ3n) is 2.48. The average Bonchev–Trinajstić information content (AvgIpc) is 2.62. The first kappa shape index (κ1) is 9.97. The van der Waals surface area contributed by atoms with Gasteiger partial charge in [0.15, 0.2) is 6.04 Å². The van der Waals surface area contributed by atoms with Crippen LogP contribution in [0.1, 0.15) is 16.5 Å². The van der Waals surface area contributed by atoms with Gasteiger partial charge in [-0.1, -0.05) is 0 Å². The Morgan fingerprint density at radius 1 is 1.60 bits per heavy atom. The van der Waals surface area contributed by atoms with Crippen LogP contribution < -0.4 is 5.73 Å². The molecule has 0 saturated carbocycles. The number of carboxylic acids is 1. The summed E-state index contributed by atoms with van der Waals surface area (Å²) in [6, 6.07) is 0.144. The molecule has 3 N–H and O–H groups in total. The minimum atomic E-state index is -1.03. The fraction of sp³-hybridized carbons (Fsp3) is 0.333. The van der Waals surface area contributed by atoms with E-state index in [0.29, 0.717) is 18.5 Å². The highest BCUT2D eigenvalue weighted by molar-refractivity contribution is 7.10. The van der Waals surface area contributed by atoms with Gasteiger partial charge in [0, 0.05) is 11.4 Å². The molecule has 0 aromatic carbocycles. The number of rotatable bonds is 1. The summed E-state index contributed by atoms with van der Waals surface area (Å²) in [7, 11) is 0. The van der Waals surface area contributed by atoms with Gasteiger partial charge >= 0.3 is 12.0 Å². The molecule has 1 aliphatic rings. The van der Waals surface area contributed by atoms with Crippen molar-refractivity contribution in [2.45, 2.75) is 12.5 Å². The van der Waals surface area contributed by atoms with Gasteiger partial charge in [0.25, 0.3) is 0 Å². The second kappa shape index (κ2) is 3.54. The van der Waals surface area contributed by atoms with Crippen LogP contribution in [0.2, 0.25) is 0 Å². The largest absolute Gasteiger partial charge is 0.479 e. The predicted molar refractivity (Wildman–Crippen MR) is 54.7 cm³/mol. The Morgan fingerprint density at radius 3 is 2.93 bits per heavy atom. The van der Waals surface area contributed by atoms with Gasteiger partial charge in [0.05, 0.1) is 0 Å². The van der Waals surface area contributed by atoms with Crippen LogP contribution in [0.3, 0.4) is 0 Å². The molecule has 0 spiro atoms. The summed E-state index contributed by atoms with van der Waals surface area (Å²) in [6.45, 7) is 0.375. The number of nitrogens with two attached hydrogens (primary N) is 1. The third kappa shape index (κ3) is 1.56. The number of hydrogen-bond acceptors (Lipinski definition) is 3. The van der Waals surface area contributed by atoms with E-state index >= 15 is 0 Å². The van der Waals surface area contributed by atoms with E-state index in [-0.39, 0.29) is 0 Å². The molecule has 15 heavy (non-hydrogen) atoms. The number of carboxylic acid groups (broad SMARTS) is 1. The van der Waals surface area contributed by atoms with Crippen LogP contribution in [0.4, 0.5) is 4.79 Å². The molecule has 5 nitrogen and oxygen atoms in total. The van der Waals surface area contributed by atoms with Crippen molar-refractivity contribution in [3.8, 4) is 0 Å². The first-order valence-corrected chi connectivity index (χ1v) is 5.34. The predicted octanol–water partition coefficient (Wildman–Crippen LogP) is 0.811. The Bertz CT molecular complexity index is 415. The molecule has 2 rings (SSSR count). The van der Waals surface area contributed by atoms with E-state index in [1.165, 1.54) is 16.2 Å². The standard InChI is InChI=1S/C9H10N2O3S/c10-9(14)11-3-1-6-5(2-4-15-6)7(11)8(12)13/h2,4,7H,1,3H2,(H2,10,14)(H,12,13). The van der Waals surface area contributed by atoms with Crippen molar-refractivity contribution in [2.24, 2.45) is 5.73 Å². The summed E-state index contributed by atoms with van der Waals surface area (Å²) in [4.78, 5) is 24.4. The van der Waals surface area contributed by atoms with E-state index in [1.54, 1.807) is 6.07 Å². The lowest BCUT2D eigenvalue weighted by Crippen LogP contribution is -2.45. The second-order valence-electron chi connectivity index (χ2n) is 3.32. The minimum absolute atomic E-state index is 0.375. The van der Waals surface area contributed by atoms with Crippen molar-refractivity contribution in [1.82, 2.24) is 4.90 Å². The van der Waals surface area contributed by atoms with Crippen LogP contribution in [-0.4, -0.2) is 28.6 Å². The van der Waals surface area contributed by atoms with Crippen LogP contribution >= 0.6 is 11.3 Å². The van der Waals surface area contributed by atoms with E-state index < -0.39 is 18.0 Å². The number of carbonyl (C=O) groups excluding carboxylic acids is 1. The Labute approximate surface area is 90.1 Å². The Balaban J connectivity index is 2.43. The van der Waals surface area contributed by atoms with E-state index in [9.17, 15) is 9.59 Å². The van der Waals surface area contributed by atoms with Crippen LogP contribution in [0.15, 0.2) is 11.4 Å². The van der Waals surface area contributed by atoms with Crippen LogP contribution in [-0.2, 0) is 11.2 Å². The van der Waals surface area contributed by atoms with Crippen LogP contribution in [0.25, 0.3) is 0 Å². The number of amides is 2. The molecule has 2 heterocycles. The summed E-state index contributed by atoms with van der Waals surface area (Å²) in [5.41, 5.74) is 5.84. The normalized spacial score (nSPS) is 19.7. The molecular formula is C9H10N2O3S. The number of fused-ring (bicyclic) bond motifs is 1. The summed E-state index contributed by atoms with van der Waals surface area (Å²) in [5, 5.41) is 10.9.